The van der Waals surface area contributed by atoms with Gasteiger partial charge in [0.15, 0.2) is 0 Å². The molecule has 0 bridgehead atoms. The van der Waals surface area contributed by atoms with Crippen molar-refractivity contribution in [1.29, 1.82) is 0 Å². The van der Waals surface area contributed by atoms with Crippen LogP contribution in [0.15, 0.2) is 77.8 Å². The van der Waals surface area contributed by atoms with Gasteiger partial charge in [-0.2, -0.15) is 0 Å². The third-order valence-corrected chi connectivity index (χ3v) is 6.45. The van der Waals surface area contributed by atoms with Crippen LogP contribution in [0.2, 0.25) is 0 Å². The number of hydrogen-bond donors (Lipinski definition) is 1. The summed E-state index contributed by atoms with van der Waals surface area (Å²) in [7, 11) is 0. The normalized spacial score (nSPS) is 15.5. The number of nitrogens with one attached hydrogen (secondary N) is 1. The van der Waals surface area contributed by atoms with Gasteiger partial charge in [0, 0.05) is 18.0 Å². The van der Waals surface area contributed by atoms with E-state index in [2.05, 4.69) is 36.5 Å². The topological polar surface area (TPSA) is 33.6 Å². The highest BCUT2D eigenvalue weighted by Crippen LogP contribution is 2.25. The van der Waals surface area contributed by atoms with Gasteiger partial charge >= 0.3 is 0 Å². The SMILES string of the molecule is CCc1ccc(F)cc1NCCC1CSC(COc2ccc(-c3ccccc3)cc2)=N1. The molecule has 3 aromatic carbocycles. The number of thioether (sulfide) groups is 1. The summed E-state index contributed by atoms with van der Waals surface area (Å²) in [6, 6.07) is 23.7. The molecule has 0 spiro atoms. The Labute approximate surface area is 187 Å². The van der Waals surface area contributed by atoms with Crippen molar-refractivity contribution < 1.29 is 9.13 Å². The third kappa shape index (κ3) is 5.88. The Hall–Kier alpha value is -2.79. The van der Waals surface area contributed by atoms with E-state index in [9.17, 15) is 4.39 Å². The fraction of sp³-hybridized carbons (Fsp3) is 0.269. The summed E-state index contributed by atoms with van der Waals surface area (Å²) in [5.74, 6) is 1.62. The van der Waals surface area contributed by atoms with E-state index in [4.69, 9.17) is 9.73 Å². The maximum Gasteiger partial charge on any atom is 0.136 e. The van der Waals surface area contributed by atoms with Gasteiger partial charge in [-0.3, -0.25) is 4.99 Å². The highest BCUT2D eigenvalue weighted by molar-refractivity contribution is 8.14. The molecule has 1 atom stereocenters. The van der Waals surface area contributed by atoms with Crippen molar-refractivity contribution in [1.82, 2.24) is 0 Å². The molecular formula is C26H27FN2OS. The molecule has 3 aromatic rings. The molecule has 0 saturated carbocycles. The lowest BCUT2D eigenvalue weighted by Gasteiger charge is -2.12. The first kappa shape index (κ1) is 21.4. The Balaban J connectivity index is 1.24. The maximum absolute atomic E-state index is 13.5. The van der Waals surface area contributed by atoms with Gasteiger partial charge in [0.25, 0.3) is 0 Å². The van der Waals surface area contributed by atoms with E-state index in [1.165, 1.54) is 17.2 Å². The predicted molar refractivity (Wildman–Crippen MR) is 130 cm³/mol. The standard InChI is InChI=1S/C26H27FN2OS/c1-2-19-8-11-22(27)16-25(19)28-15-14-23-18-31-26(29-23)17-30-24-12-9-21(10-13-24)20-6-4-3-5-7-20/h3-13,16,23,28H,2,14-15,17-18H2,1H3. The van der Waals surface area contributed by atoms with E-state index in [0.717, 1.165) is 47.2 Å². The fourth-order valence-electron chi connectivity index (χ4n) is 3.61. The Morgan fingerprint density at radius 2 is 1.81 bits per heavy atom. The van der Waals surface area contributed by atoms with Gasteiger partial charge in [0.1, 0.15) is 23.2 Å². The Morgan fingerprint density at radius 1 is 1.03 bits per heavy atom. The molecule has 0 saturated heterocycles. The molecule has 1 unspecified atom stereocenters. The van der Waals surface area contributed by atoms with Crippen LogP contribution >= 0.6 is 11.8 Å². The zero-order chi connectivity index (χ0) is 21.5. The summed E-state index contributed by atoms with van der Waals surface area (Å²) in [6.07, 6.45) is 1.80. The maximum atomic E-state index is 13.5. The minimum Gasteiger partial charge on any atom is -0.487 e. The highest BCUT2D eigenvalue weighted by atomic mass is 32.2. The largest absolute Gasteiger partial charge is 0.487 e. The molecule has 1 heterocycles. The van der Waals surface area contributed by atoms with Crippen molar-refractivity contribution in [3.05, 3.63) is 84.2 Å². The van der Waals surface area contributed by atoms with Gasteiger partial charge in [-0.1, -0.05) is 55.5 Å². The van der Waals surface area contributed by atoms with Gasteiger partial charge in [-0.05, 0) is 53.8 Å². The second kappa shape index (κ2) is 10.5. The molecule has 1 aliphatic rings. The fourth-order valence-corrected chi connectivity index (χ4v) is 4.60. The lowest BCUT2D eigenvalue weighted by Crippen LogP contribution is -2.13. The quantitative estimate of drug-likeness (QED) is 0.420. The number of nitrogens with zero attached hydrogens (tertiary/aromatic N) is 1. The van der Waals surface area contributed by atoms with E-state index >= 15 is 0 Å². The van der Waals surface area contributed by atoms with E-state index in [1.807, 2.05) is 36.4 Å². The number of aryl methyl sites for hydroxylation is 1. The van der Waals surface area contributed by atoms with Gasteiger partial charge in [-0.15, -0.1) is 11.8 Å². The van der Waals surface area contributed by atoms with E-state index in [1.54, 1.807) is 17.8 Å². The summed E-state index contributed by atoms with van der Waals surface area (Å²) in [5, 5.41) is 4.41. The van der Waals surface area contributed by atoms with Crippen molar-refractivity contribution >= 4 is 22.5 Å². The lowest BCUT2D eigenvalue weighted by molar-refractivity contribution is 0.379. The zero-order valence-corrected chi connectivity index (χ0v) is 18.5. The molecule has 0 radical (unpaired) electrons. The molecule has 3 nitrogen and oxygen atoms in total. The van der Waals surface area contributed by atoms with Crippen molar-refractivity contribution in [2.75, 3.05) is 24.2 Å². The van der Waals surface area contributed by atoms with Crippen LogP contribution in [0.4, 0.5) is 10.1 Å². The molecule has 0 amide bonds. The molecule has 1 N–H and O–H groups in total. The number of halogens is 1. The summed E-state index contributed by atoms with van der Waals surface area (Å²) in [4.78, 5) is 4.80. The van der Waals surface area contributed by atoms with Gasteiger partial charge in [-0.25, -0.2) is 4.39 Å². The molecule has 160 valence electrons. The van der Waals surface area contributed by atoms with Crippen LogP contribution in [-0.4, -0.2) is 30.0 Å². The van der Waals surface area contributed by atoms with Crippen LogP contribution in [0.1, 0.15) is 18.9 Å². The van der Waals surface area contributed by atoms with E-state index in [0.29, 0.717) is 6.61 Å². The summed E-state index contributed by atoms with van der Waals surface area (Å²) in [5.41, 5.74) is 4.40. The first-order valence-electron chi connectivity index (χ1n) is 10.7. The molecule has 0 aliphatic carbocycles. The molecular weight excluding hydrogens is 407 g/mol. The summed E-state index contributed by atoms with van der Waals surface area (Å²) in [6.45, 7) is 3.36. The van der Waals surface area contributed by atoms with Crippen molar-refractivity contribution in [2.45, 2.75) is 25.8 Å². The van der Waals surface area contributed by atoms with Crippen LogP contribution < -0.4 is 10.1 Å². The van der Waals surface area contributed by atoms with Crippen molar-refractivity contribution in [3.8, 4) is 16.9 Å². The number of aliphatic imine (C=N–C) groups is 1. The number of anilines is 1. The molecule has 5 heteroatoms. The van der Waals surface area contributed by atoms with E-state index in [-0.39, 0.29) is 11.9 Å². The Morgan fingerprint density at radius 3 is 2.58 bits per heavy atom. The predicted octanol–water partition coefficient (Wildman–Crippen LogP) is 6.45. The van der Waals surface area contributed by atoms with Crippen LogP contribution in [0.5, 0.6) is 5.75 Å². The van der Waals surface area contributed by atoms with Crippen molar-refractivity contribution in [3.63, 3.8) is 0 Å². The second-order valence-corrected chi connectivity index (χ2v) is 8.63. The van der Waals surface area contributed by atoms with Crippen LogP contribution in [0.25, 0.3) is 11.1 Å². The van der Waals surface area contributed by atoms with Gasteiger partial charge in [0.05, 0.1) is 6.04 Å². The number of hydrogen-bond acceptors (Lipinski definition) is 4. The molecule has 31 heavy (non-hydrogen) atoms. The summed E-state index contributed by atoms with van der Waals surface area (Å²) < 4.78 is 19.5. The molecule has 0 fully saturated rings. The molecule has 1 aliphatic heterocycles. The highest BCUT2D eigenvalue weighted by Gasteiger charge is 2.18. The van der Waals surface area contributed by atoms with E-state index < -0.39 is 0 Å². The first-order chi connectivity index (χ1) is 15.2. The Kier molecular flexibility index (Phi) is 7.26. The number of rotatable bonds is 9. The summed E-state index contributed by atoms with van der Waals surface area (Å²) >= 11 is 1.76. The average Bonchev–Trinajstić information content (AvgIpc) is 3.26. The third-order valence-electron chi connectivity index (χ3n) is 5.34. The average molecular weight is 435 g/mol. The minimum absolute atomic E-state index is 0.203. The van der Waals surface area contributed by atoms with Crippen LogP contribution in [0.3, 0.4) is 0 Å². The second-order valence-electron chi connectivity index (χ2n) is 7.54. The molecule has 4 rings (SSSR count). The number of ether oxygens (including phenoxy) is 1. The van der Waals surface area contributed by atoms with Crippen LogP contribution in [-0.2, 0) is 6.42 Å². The first-order valence-corrected chi connectivity index (χ1v) is 11.7. The van der Waals surface area contributed by atoms with Gasteiger partial charge in [0.2, 0.25) is 0 Å². The monoisotopic (exact) mass is 434 g/mol. The minimum atomic E-state index is -0.203. The van der Waals surface area contributed by atoms with Crippen LogP contribution in [0, 0.1) is 5.82 Å². The zero-order valence-electron chi connectivity index (χ0n) is 17.7. The molecule has 0 aromatic heterocycles. The Bertz CT molecular complexity index is 1020. The smallest absolute Gasteiger partial charge is 0.136 e. The van der Waals surface area contributed by atoms with Crippen molar-refractivity contribution in [2.24, 2.45) is 4.99 Å². The number of benzene rings is 3. The van der Waals surface area contributed by atoms with Gasteiger partial charge < -0.3 is 10.1 Å². The lowest BCUT2D eigenvalue weighted by atomic mass is 10.1.